The van der Waals surface area contributed by atoms with Crippen LogP contribution in [0.5, 0.6) is 0 Å². The summed E-state index contributed by atoms with van der Waals surface area (Å²) in [6.07, 6.45) is -0.825. The number of oxime groups is 1. The van der Waals surface area contributed by atoms with Crippen molar-refractivity contribution in [1.82, 2.24) is 0 Å². The van der Waals surface area contributed by atoms with Gasteiger partial charge in [0.1, 0.15) is 0 Å². The Morgan fingerprint density at radius 3 is 2.52 bits per heavy atom. The molecule has 7 nitrogen and oxygen atoms in total. The molecule has 2 amide bonds. The molecule has 8 heteroatoms. The van der Waals surface area contributed by atoms with Gasteiger partial charge >= 0.3 is 12.0 Å². The average Bonchev–Trinajstić information content (AvgIpc) is 2.90. The van der Waals surface area contributed by atoms with Gasteiger partial charge in [0.05, 0.1) is 11.4 Å². The number of nitrogens with zero attached hydrogens (tertiary/aromatic N) is 3. The predicted octanol–water partition coefficient (Wildman–Crippen LogP) is 3.67. The molecule has 2 aromatic carbocycles. The fourth-order valence-corrected chi connectivity index (χ4v) is 2.23. The molecule has 0 aliphatic carbocycles. The molecule has 126 valence electrons. The van der Waals surface area contributed by atoms with E-state index in [4.69, 9.17) is 16.4 Å². The summed E-state index contributed by atoms with van der Waals surface area (Å²) in [5.41, 5.74) is 1.41. The van der Waals surface area contributed by atoms with Gasteiger partial charge in [0.15, 0.2) is 5.71 Å². The summed E-state index contributed by atoms with van der Waals surface area (Å²) in [5, 5.41) is 12.0. The van der Waals surface area contributed by atoms with E-state index >= 15 is 0 Å². The molecule has 1 aliphatic heterocycles. The minimum Gasteiger partial charge on any atom is -0.297 e. The highest BCUT2D eigenvalue weighted by Gasteiger charge is 2.31. The topological polar surface area (TPSA) is 83.4 Å². The summed E-state index contributed by atoms with van der Waals surface area (Å²) < 4.78 is 0. The van der Waals surface area contributed by atoms with E-state index < -0.39 is 12.0 Å². The van der Waals surface area contributed by atoms with Gasteiger partial charge in [-0.15, -0.1) is 0 Å². The SMILES string of the molecule is CC1=NN(c2ccccc2)C(=O)/C1=N\OC(=O)Nc1ccc(Cl)cc1. The van der Waals surface area contributed by atoms with Crippen molar-refractivity contribution < 1.29 is 14.4 Å². The van der Waals surface area contributed by atoms with Crippen LogP contribution in [0.15, 0.2) is 64.9 Å². The van der Waals surface area contributed by atoms with E-state index in [1.807, 2.05) is 6.07 Å². The first-order chi connectivity index (χ1) is 12.0. The maximum absolute atomic E-state index is 12.4. The molecule has 2 aromatic rings. The Labute approximate surface area is 148 Å². The van der Waals surface area contributed by atoms with Crippen molar-refractivity contribution in [2.24, 2.45) is 10.3 Å². The Hall–Kier alpha value is -3.19. The molecule has 0 saturated carbocycles. The van der Waals surface area contributed by atoms with Crippen LogP contribution in [0, 0.1) is 0 Å². The molecular weight excluding hydrogens is 344 g/mol. The van der Waals surface area contributed by atoms with E-state index in [0.717, 1.165) is 0 Å². The second kappa shape index (κ2) is 7.14. The van der Waals surface area contributed by atoms with Crippen LogP contribution in [0.2, 0.25) is 5.02 Å². The minimum atomic E-state index is -0.825. The number of halogens is 1. The quantitative estimate of drug-likeness (QED) is 0.672. The molecule has 0 radical (unpaired) electrons. The van der Waals surface area contributed by atoms with Crippen LogP contribution in [0.1, 0.15) is 6.92 Å². The van der Waals surface area contributed by atoms with Crippen LogP contribution in [-0.4, -0.2) is 23.4 Å². The van der Waals surface area contributed by atoms with Gasteiger partial charge in [0, 0.05) is 10.7 Å². The lowest BCUT2D eigenvalue weighted by molar-refractivity contribution is -0.112. The number of hydrogen-bond donors (Lipinski definition) is 1. The Kier molecular flexibility index (Phi) is 4.76. The fraction of sp³-hybridized carbons (Fsp3) is 0.0588. The lowest BCUT2D eigenvalue weighted by Gasteiger charge is -2.10. The van der Waals surface area contributed by atoms with E-state index in [0.29, 0.717) is 22.1 Å². The van der Waals surface area contributed by atoms with Gasteiger partial charge in [0.2, 0.25) is 0 Å². The zero-order valence-electron chi connectivity index (χ0n) is 13.1. The molecule has 0 unspecified atom stereocenters. The number of benzene rings is 2. The number of rotatable bonds is 3. The smallest absolute Gasteiger partial charge is 0.297 e. The first-order valence-electron chi connectivity index (χ1n) is 7.31. The average molecular weight is 357 g/mol. The van der Waals surface area contributed by atoms with E-state index in [1.165, 1.54) is 5.01 Å². The maximum atomic E-state index is 12.4. The second-order valence-corrected chi connectivity index (χ2v) is 5.52. The molecule has 0 aromatic heterocycles. The van der Waals surface area contributed by atoms with Gasteiger partial charge in [-0.2, -0.15) is 10.1 Å². The Balaban J connectivity index is 1.67. The molecule has 1 N–H and O–H groups in total. The summed E-state index contributed by atoms with van der Waals surface area (Å²) in [7, 11) is 0. The molecule has 0 spiro atoms. The van der Waals surface area contributed by atoms with Crippen molar-refractivity contribution >= 4 is 46.4 Å². The molecule has 1 aliphatic rings. The van der Waals surface area contributed by atoms with E-state index in [9.17, 15) is 9.59 Å². The van der Waals surface area contributed by atoms with Crippen LogP contribution in [-0.2, 0) is 9.63 Å². The van der Waals surface area contributed by atoms with Crippen LogP contribution >= 0.6 is 11.6 Å². The largest absolute Gasteiger partial charge is 0.437 e. The summed E-state index contributed by atoms with van der Waals surface area (Å²) in [6, 6.07) is 15.4. The third-order valence-electron chi connectivity index (χ3n) is 3.30. The first kappa shape index (κ1) is 16.7. The number of carbonyl (C=O) groups is 2. The molecule has 0 saturated heterocycles. The Morgan fingerprint density at radius 2 is 1.84 bits per heavy atom. The number of hydrazone groups is 1. The minimum absolute atomic E-state index is 0.0323. The molecule has 0 atom stereocenters. The Bertz CT molecular complexity index is 863. The van der Waals surface area contributed by atoms with Gasteiger partial charge in [-0.05, 0) is 43.3 Å². The van der Waals surface area contributed by atoms with Gasteiger partial charge in [-0.3, -0.25) is 14.9 Å². The molecular formula is C17H13ClN4O3. The van der Waals surface area contributed by atoms with Crippen LogP contribution in [0.4, 0.5) is 16.2 Å². The maximum Gasteiger partial charge on any atom is 0.437 e. The molecule has 1 heterocycles. The van der Waals surface area contributed by atoms with Crippen molar-refractivity contribution in [3.63, 3.8) is 0 Å². The highest BCUT2D eigenvalue weighted by molar-refractivity contribution is 6.71. The number of hydrogen-bond acceptors (Lipinski definition) is 5. The molecule has 25 heavy (non-hydrogen) atoms. The van der Waals surface area contributed by atoms with Crippen molar-refractivity contribution in [2.45, 2.75) is 6.92 Å². The monoisotopic (exact) mass is 356 g/mol. The van der Waals surface area contributed by atoms with Crippen molar-refractivity contribution in [1.29, 1.82) is 0 Å². The third kappa shape index (κ3) is 3.84. The van der Waals surface area contributed by atoms with E-state index in [-0.39, 0.29) is 5.71 Å². The summed E-state index contributed by atoms with van der Waals surface area (Å²) >= 11 is 5.77. The van der Waals surface area contributed by atoms with Gasteiger partial charge in [0.25, 0.3) is 0 Å². The van der Waals surface area contributed by atoms with Crippen LogP contribution in [0.3, 0.4) is 0 Å². The number of para-hydroxylation sites is 1. The highest BCUT2D eigenvalue weighted by Crippen LogP contribution is 2.19. The zero-order chi connectivity index (χ0) is 17.8. The van der Waals surface area contributed by atoms with Crippen molar-refractivity contribution in [3.8, 4) is 0 Å². The van der Waals surface area contributed by atoms with Crippen molar-refractivity contribution in [3.05, 3.63) is 59.6 Å². The predicted molar refractivity (Wildman–Crippen MR) is 96.0 cm³/mol. The van der Waals surface area contributed by atoms with Crippen LogP contribution < -0.4 is 10.3 Å². The third-order valence-corrected chi connectivity index (χ3v) is 3.55. The lowest BCUT2D eigenvalue weighted by Crippen LogP contribution is -2.27. The highest BCUT2D eigenvalue weighted by atomic mass is 35.5. The zero-order valence-corrected chi connectivity index (χ0v) is 13.9. The number of carbonyl (C=O) groups excluding carboxylic acids is 2. The number of nitrogens with one attached hydrogen (secondary N) is 1. The number of anilines is 2. The molecule has 3 rings (SSSR count). The molecule has 0 fully saturated rings. The van der Waals surface area contributed by atoms with Crippen LogP contribution in [0.25, 0.3) is 0 Å². The summed E-state index contributed by atoms with van der Waals surface area (Å²) in [5.74, 6) is -0.469. The van der Waals surface area contributed by atoms with E-state index in [2.05, 4.69) is 15.6 Å². The standard InChI is InChI=1S/C17H13ClN4O3/c1-11-15(16(23)22(20-11)14-5-3-2-4-6-14)21-25-17(24)19-13-9-7-12(18)8-10-13/h2-10H,1H3,(H,19,24)/b21-15-. The summed E-state index contributed by atoms with van der Waals surface area (Å²) in [6.45, 7) is 1.61. The normalized spacial score (nSPS) is 15.3. The first-order valence-corrected chi connectivity index (χ1v) is 7.69. The lowest BCUT2D eigenvalue weighted by atomic mass is 10.2. The second-order valence-electron chi connectivity index (χ2n) is 5.09. The van der Waals surface area contributed by atoms with Gasteiger partial charge in [-0.1, -0.05) is 35.0 Å². The number of amides is 2. The molecule has 0 bridgehead atoms. The van der Waals surface area contributed by atoms with Gasteiger partial charge in [-0.25, -0.2) is 4.79 Å². The van der Waals surface area contributed by atoms with Crippen molar-refractivity contribution in [2.75, 3.05) is 10.3 Å². The van der Waals surface area contributed by atoms with Gasteiger partial charge < -0.3 is 0 Å². The summed E-state index contributed by atoms with van der Waals surface area (Å²) in [4.78, 5) is 28.9. The Morgan fingerprint density at radius 1 is 1.16 bits per heavy atom. The van der Waals surface area contributed by atoms with E-state index in [1.54, 1.807) is 55.5 Å². The fourth-order valence-electron chi connectivity index (χ4n) is 2.11.